The number of benzene rings is 2. The molecule has 28 heavy (non-hydrogen) atoms. The van der Waals surface area contributed by atoms with E-state index in [1.165, 1.54) is 16.7 Å². The van der Waals surface area contributed by atoms with Crippen LogP contribution in [0.2, 0.25) is 0 Å². The van der Waals surface area contributed by atoms with Crippen molar-refractivity contribution in [1.29, 1.82) is 0 Å². The molecule has 5 nitrogen and oxygen atoms in total. The van der Waals surface area contributed by atoms with E-state index in [4.69, 9.17) is 12.2 Å². The number of aryl methyl sites for hydroxylation is 2. The van der Waals surface area contributed by atoms with Gasteiger partial charge in [-0.05, 0) is 60.3 Å². The fourth-order valence-corrected chi connectivity index (χ4v) is 5.60. The van der Waals surface area contributed by atoms with Gasteiger partial charge in [0.05, 0.1) is 4.90 Å². The van der Waals surface area contributed by atoms with E-state index in [1.54, 1.807) is 10.4 Å². The topological polar surface area (TPSA) is 52.7 Å². The van der Waals surface area contributed by atoms with E-state index in [9.17, 15) is 8.42 Å². The molecule has 2 aromatic carbocycles. The van der Waals surface area contributed by atoms with Crippen molar-refractivity contribution < 1.29 is 8.42 Å². The Bertz CT molecular complexity index is 953. The van der Waals surface area contributed by atoms with Crippen LogP contribution in [-0.4, -0.2) is 48.9 Å². The number of nitrogens with zero attached hydrogens (tertiary/aromatic N) is 2. The minimum atomic E-state index is -3.45. The third-order valence-electron chi connectivity index (χ3n) is 5.52. The number of sulfonamides is 1. The van der Waals surface area contributed by atoms with Crippen molar-refractivity contribution in [3.8, 4) is 0 Å². The fourth-order valence-electron chi connectivity index (χ4n) is 3.87. The summed E-state index contributed by atoms with van der Waals surface area (Å²) in [6, 6.07) is 15.7. The first-order valence-corrected chi connectivity index (χ1v) is 11.6. The molecule has 0 unspecified atom stereocenters. The second-order valence-corrected chi connectivity index (χ2v) is 9.64. The molecule has 1 aliphatic carbocycles. The lowest BCUT2D eigenvalue weighted by molar-refractivity contribution is 0.264. The van der Waals surface area contributed by atoms with Crippen LogP contribution in [-0.2, 0) is 29.4 Å². The Labute approximate surface area is 172 Å². The van der Waals surface area contributed by atoms with Crippen LogP contribution < -0.4 is 5.32 Å². The summed E-state index contributed by atoms with van der Waals surface area (Å²) in [6.45, 7) is 2.78. The summed E-state index contributed by atoms with van der Waals surface area (Å²) in [5.41, 5.74) is 3.65. The quantitative estimate of drug-likeness (QED) is 0.778. The minimum absolute atomic E-state index is 0.423. The first-order valence-electron chi connectivity index (χ1n) is 9.73. The Balaban J connectivity index is 1.35. The average Bonchev–Trinajstić information content (AvgIpc) is 3.21. The molecule has 7 heteroatoms. The second-order valence-electron chi connectivity index (χ2n) is 7.32. The highest BCUT2D eigenvalue weighted by Gasteiger charge is 2.30. The smallest absolute Gasteiger partial charge is 0.243 e. The highest BCUT2D eigenvalue weighted by molar-refractivity contribution is 7.89. The summed E-state index contributed by atoms with van der Waals surface area (Å²) >= 11 is 5.50. The summed E-state index contributed by atoms with van der Waals surface area (Å²) < 4.78 is 27.6. The van der Waals surface area contributed by atoms with Gasteiger partial charge >= 0.3 is 0 Å². The van der Waals surface area contributed by atoms with Gasteiger partial charge in [-0.3, -0.25) is 0 Å². The molecule has 0 aromatic heterocycles. The van der Waals surface area contributed by atoms with E-state index in [1.807, 2.05) is 35.2 Å². The van der Waals surface area contributed by atoms with Gasteiger partial charge in [0.15, 0.2) is 5.11 Å². The summed E-state index contributed by atoms with van der Waals surface area (Å²) in [7, 11) is -3.45. The van der Waals surface area contributed by atoms with E-state index in [0.717, 1.165) is 19.3 Å². The SMILES string of the molecule is O=S(=O)(c1ccc2c(c1)CCC2)N1CCN(C(=S)NCc2ccccc2)CC1. The van der Waals surface area contributed by atoms with Crippen molar-refractivity contribution >= 4 is 27.4 Å². The number of nitrogens with one attached hydrogen (secondary N) is 1. The van der Waals surface area contributed by atoms with Crippen LogP contribution in [0.1, 0.15) is 23.1 Å². The average molecular weight is 416 g/mol. The molecule has 1 heterocycles. The molecule has 148 valence electrons. The zero-order chi connectivity index (χ0) is 19.6. The lowest BCUT2D eigenvalue weighted by atomic mass is 10.1. The van der Waals surface area contributed by atoms with Gasteiger partial charge in [0, 0.05) is 32.7 Å². The van der Waals surface area contributed by atoms with Crippen LogP contribution in [0, 0.1) is 0 Å². The van der Waals surface area contributed by atoms with Crippen molar-refractivity contribution in [2.24, 2.45) is 0 Å². The molecule has 1 fully saturated rings. The largest absolute Gasteiger partial charge is 0.358 e. The third-order valence-corrected chi connectivity index (χ3v) is 7.82. The Morgan fingerprint density at radius 2 is 1.68 bits per heavy atom. The predicted molar refractivity (Wildman–Crippen MR) is 115 cm³/mol. The molecule has 0 amide bonds. The van der Waals surface area contributed by atoms with E-state index < -0.39 is 10.0 Å². The molecule has 0 saturated carbocycles. The van der Waals surface area contributed by atoms with Gasteiger partial charge < -0.3 is 10.2 Å². The Morgan fingerprint density at radius 3 is 2.43 bits per heavy atom. The first kappa shape index (κ1) is 19.4. The molecule has 1 saturated heterocycles. The zero-order valence-electron chi connectivity index (χ0n) is 15.8. The lowest BCUT2D eigenvalue weighted by Gasteiger charge is -2.35. The van der Waals surface area contributed by atoms with Crippen molar-refractivity contribution in [3.05, 3.63) is 65.2 Å². The number of piperazine rings is 1. The molecule has 1 N–H and O–H groups in total. The summed E-state index contributed by atoms with van der Waals surface area (Å²) in [6.07, 6.45) is 3.15. The Kier molecular flexibility index (Phi) is 5.66. The molecule has 0 atom stereocenters. The minimum Gasteiger partial charge on any atom is -0.358 e. The van der Waals surface area contributed by atoms with E-state index in [0.29, 0.717) is 42.7 Å². The molecular formula is C21H25N3O2S2. The molecule has 2 aliphatic rings. The maximum absolute atomic E-state index is 13.0. The molecular weight excluding hydrogens is 390 g/mol. The third kappa shape index (κ3) is 4.06. The molecule has 2 aromatic rings. The Morgan fingerprint density at radius 1 is 0.964 bits per heavy atom. The summed E-state index contributed by atoms with van der Waals surface area (Å²) in [4.78, 5) is 2.47. The van der Waals surface area contributed by atoms with Crippen LogP contribution in [0.4, 0.5) is 0 Å². The van der Waals surface area contributed by atoms with Gasteiger partial charge in [-0.1, -0.05) is 36.4 Å². The number of rotatable bonds is 4. The van der Waals surface area contributed by atoms with E-state index in [2.05, 4.69) is 17.4 Å². The Hall–Kier alpha value is -1.96. The second kappa shape index (κ2) is 8.19. The van der Waals surface area contributed by atoms with Crippen molar-refractivity contribution in [2.45, 2.75) is 30.7 Å². The molecule has 0 spiro atoms. The molecule has 1 aliphatic heterocycles. The number of thiocarbonyl (C=S) groups is 1. The molecule has 0 radical (unpaired) electrons. The van der Waals surface area contributed by atoms with Crippen molar-refractivity contribution in [3.63, 3.8) is 0 Å². The molecule has 4 rings (SSSR count). The van der Waals surface area contributed by atoms with Gasteiger partial charge in [-0.25, -0.2) is 8.42 Å². The van der Waals surface area contributed by atoms with Gasteiger partial charge in [-0.2, -0.15) is 4.31 Å². The maximum Gasteiger partial charge on any atom is 0.243 e. The van der Waals surface area contributed by atoms with Gasteiger partial charge in [0.25, 0.3) is 0 Å². The number of hydrogen-bond acceptors (Lipinski definition) is 3. The highest BCUT2D eigenvalue weighted by atomic mass is 32.2. The standard InChI is InChI=1S/C21H25N3O2S2/c25-28(26,20-10-9-18-7-4-8-19(18)15-20)24-13-11-23(12-14-24)21(27)22-16-17-5-2-1-3-6-17/h1-3,5-6,9-10,15H,4,7-8,11-14,16H2,(H,22,27). The zero-order valence-corrected chi connectivity index (χ0v) is 17.4. The van der Waals surface area contributed by atoms with Gasteiger partial charge in [-0.15, -0.1) is 0 Å². The van der Waals surface area contributed by atoms with Crippen LogP contribution in [0.5, 0.6) is 0 Å². The highest BCUT2D eigenvalue weighted by Crippen LogP contribution is 2.26. The van der Waals surface area contributed by atoms with Crippen LogP contribution in [0.15, 0.2) is 53.4 Å². The monoisotopic (exact) mass is 415 g/mol. The van der Waals surface area contributed by atoms with Crippen LogP contribution >= 0.6 is 12.2 Å². The van der Waals surface area contributed by atoms with E-state index in [-0.39, 0.29) is 0 Å². The van der Waals surface area contributed by atoms with Crippen molar-refractivity contribution in [2.75, 3.05) is 26.2 Å². The van der Waals surface area contributed by atoms with E-state index >= 15 is 0 Å². The van der Waals surface area contributed by atoms with Crippen LogP contribution in [0.3, 0.4) is 0 Å². The number of hydrogen-bond donors (Lipinski definition) is 1. The number of fused-ring (bicyclic) bond motifs is 1. The lowest BCUT2D eigenvalue weighted by Crippen LogP contribution is -2.52. The fraction of sp³-hybridized carbons (Fsp3) is 0.381. The molecule has 0 bridgehead atoms. The maximum atomic E-state index is 13.0. The summed E-state index contributed by atoms with van der Waals surface area (Å²) in [5.74, 6) is 0. The first-order chi connectivity index (χ1) is 13.5. The van der Waals surface area contributed by atoms with Crippen molar-refractivity contribution in [1.82, 2.24) is 14.5 Å². The van der Waals surface area contributed by atoms with Crippen LogP contribution in [0.25, 0.3) is 0 Å². The van der Waals surface area contributed by atoms with Gasteiger partial charge in [0.2, 0.25) is 10.0 Å². The summed E-state index contributed by atoms with van der Waals surface area (Å²) in [5, 5.41) is 3.95. The normalized spacial score (nSPS) is 17.4. The van der Waals surface area contributed by atoms with Gasteiger partial charge in [0.1, 0.15) is 0 Å². The predicted octanol–water partition coefficient (Wildman–Crippen LogP) is 2.56.